The van der Waals surface area contributed by atoms with Crippen molar-refractivity contribution < 1.29 is 9.53 Å². The summed E-state index contributed by atoms with van der Waals surface area (Å²) >= 11 is 0. The van der Waals surface area contributed by atoms with Crippen LogP contribution in [0.3, 0.4) is 0 Å². The molecule has 0 radical (unpaired) electrons. The highest BCUT2D eigenvalue weighted by molar-refractivity contribution is 6.01. The second-order valence-electron chi connectivity index (χ2n) is 9.14. The van der Waals surface area contributed by atoms with Crippen molar-refractivity contribution in [2.45, 2.75) is 6.42 Å². The lowest BCUT2D eigenvalue weighted by Gasteiger charge is -2.25. The van der Waals surface area contributed by atoms with Gasteiger partial charge in [-0.3, -0.25) is 9.48 Å². The number of carbonyl (C=O) groups excluding carboxylic acids is 1. The standard InChI is InChI=1S/C28H33N7O2/c1-7-28(36)32-23-15-19(26(37-6)17-25(23)34(4)14-13-33(2)3)16-27-29-12-11-22(31-27)20-9-8-10-24-21(20)18-30-35(24)5/h7-12,15,17-18H,1,13-14,16H2,2-6H3,(H,32,36). The Bertz CT molecular complexity index is 1430. The number of hydrogen-bond acceptors (Lipinski definition) is 7. The van der Waals surface area contributed by atoms with Crippen molar-refractivity contribution in [2.24, 2.45) is 7.05 Å². The van der Waals surface area contributed by atoms with Crippen molar-refractivity contribution in [2.75, 3.05) is 51.6 Å². The Morgan fingerprint density at radius 2 is 2.00 bits per heavy atom. The topological polar surface area (TPSA) is 88.4 Å². The summed E-state index contributed by atoms with van der Waals surface area (Å²) in [5, 5.41) is 8.37. The number of rotatable bonds is 10. The van der Waals surface area contributed by atoms with Crippen molar-refractivity contribution in [1.82, 2.24) is 24.6 Å². The Morgan fingerprint density at radius 1 is 1.19 bits per heavy atom. The van der Waals surface area contributed by atoms with Gasteiger partial charge >= 0.3 is 0 Å². The van der Waals surface area contributed by atoms with Crippen molar-refractivity contribution in [3.63, 3.8) is 0 Å². The van der Waals surface area contributed by atoms with E-state index in [-0.39, 0.29) is 5.91 Å². The van der Waals surface area contributed by atoms with E-state index in [9.17, 15) is 4.79 Å². The van der Waals surface area contributed by atoms with E-state index in [2.05, 4.69) is 31.8 Å². The zero-order valence-electron chi connectivity index (χ0n) is 22.0. The first-order valence-corrected chi connectivity index (χ1v) is 12.0. The predicted molar refractivity (Wildman–Crippen MR) is 148 cm³/mol. The molecule has 2 heterocycles. The van der Waals surface area contributed by atoms with Crippen LogP contribution in [0.25, 0.3) is 22.2 Å². The van der Waals surface area contributed by atoms with Crippen LogP contribution in [0.2, 0.25) is 0 Å². The zero-order valence-corrected chi connectivity index (χ0v) is 22.0. The molecule has 0 unspecified atom stereocenters. The molecule has 1 amide bonds. The normalized spacial score (nSPS) is 11.1. The van der Waals surface area contributed by atoms with Gasteiger partial charge in [0.05, 0.1) is 35.9 Å². The smallest absolute Gasteiger partial charge is 0.247 e. The molecule has 37 heavy (non-hydrogen) atoms. The van der Waals surface area contributed by atoms with Gasteiger partial charge in [0.15, 0.2) is 0 Å². The molecule has 0 atom stereocenters. The molecule has 2 aromatic heterocycles. The average molecular weight is 500 g/mol. The summed E-state index contributed by atoms with van der Waals surface area (Å²) in [5.41, 5.74) is 5.26. The van der Waals surface area contributed by atoms with E-state index in [4.69, 9.17) is 9.72 Å². The van der Waals surface area contributed by atoms with Gasteiger partial charge in [0.2, 0.25) is 5.91 Å². The van der Waals surface area contributed by atoms with Crippen molar-refractivity contribution in [3.8, 4) is 17.0 Å². The molecule has 0 spiro atoms. The molecule has 0 aliphatic heterocycles. The van der Waals surface area contributed by atoms with Gasteiger partial charge in [-0.15, -0.1) is 0 Å². The third-order valence-electron chi connectivity index (χ3n) is 6.26. The number of methoxy groups -OCH3 is 1. The van der Waals surface area contributed by atoms with Crippen LogP contribution in [-0.2, 0) is 18.3 Å². The summed E-state index contributed by atoms with van der Waals surface area (Å²) in [6.07, 6.45) is 5.32. The molecule has 9 heteroatoms. The Balaban J connectivity index is 1.71. The Kier molecular flexibility index (Phi) is 7.83. The van der Waals surface area contributed by atoms with E-state index < -0.39 is 0 Å². The molecule has 0 fully saturated rings. The van der Waals surface area contributed by atoms with Gasteiger partial charge in [-0.05, 0) is 38.4 Å². The molecule has 0 saturated heterocycles. The first-order valence-electron chi connectivity index (χ1n) is 12.0. The van der Waals surface area contributed by atoms with Crippen LogP contribution in [0, 0.1) is 0 Å². The zero-order chi connectivity index (χ0) is 26.5. The highest BCUT2D eigenvalue weighted by Gasteiger charge is 2.17. The summed E-state index contributed by atoms with van der Waals surface area (Å²) in [6.45, 7) is 5.23. The molecular formula is C28H33N7O2. The van der Waals surface area contributed by atoms with Gasteiger partial charge in [0, 0.05) is 62.4 Å². The number of nitrogens with zero attached hydrogens (tertiary/aromatic N) is 6. The number of aryl methyl sites for hydroxylation is 1. The number of hydrogen-bond donors (Lipinski definition) is 1. The fraction of sp³-hybridized carbons (Fsp3) is 0.286. The number of fused-ring (bicyclic) bond motifs is 1. The molecular weight excluding hydrogens is 466 g/mol. The fourth-order valence-electron chi connectivity index (χ4n) is 4.22. The molecule has 192 valence electrons. The van der Waals surface area contributed by atoms with E-state index in [1.165, 1.54) is 6.08 Å². The minimum atomic E-state index is -0.277. The Labute approximate surface area is 217 Å². The lowest BCUT2D eigenvalue weighted by atomic mass is 10.1. The Morgan fingerprint density at radius 3 is 2.73 bits per heavy atom. The van der Waals surface area contributed by atoms with E-state index in [0.717, 1.165) is 46.5 Å². The van der Waals surface area contributed by atoms with Gasteiger partial charge < -0.3 is 19.9 Å². The maximum absolute atomic E-state index is 12.2. The molecule has 2 aromatic carbocycles. The number of amides is 1. The lowest BCUT2D eigenvalue weighted by Crippen LogP contribution is -2.29. The lowest BCUT2D eigenvalue weighted by molar-refractivity contribution is -0.111. The van der Waals surface area contributed by atoms with Crippen LogP contribution in [0.4, 0.5) is 11.4 Å². The van der Waals surface area contributed by atoms with Crippen molar-refractivity contribution in [3.05, 3.63) is 72.8 Å². The largest absolute Gasteiger partial charge is 0.496 e. The second kappa shape index (κ2) is 11.2. The third-order valence-corrected chi connectivity index (χ3v) is 6.26. The summed E-state index contributed by atoms with van der Waals surface area (Å²) in [6, 6.07) is 11.9. The molecule has 0 aliphatic carbocycles. The van der Waals surface area contributed by atoms with E-state index in [0.29, 0.717) is 23.7 Å². The summed E-state index contributed by atoms with van der Waals surface area (Å²) < 4.78 is 7.61. The van der Waals surface area contributed by atoms with Crippen LogP contribution in [0.15, 0.2) is 61.4 Å². The first kappa shape index (κ1) is 25.8. The van der Waals surface area contributed by atoms with Crippen LogP contribution >= 0.6 is 0 Å². The quantitative estimate of drug-likeness (QED) is 0.333. The second-order valence-corrected chi connectivity index (χ2v) is 9.14. The summed E-state index contributed by atoms with van der Waals surface area (Å²) in [4.78, 5) is 25.8. The highest BCUT2D eigenvalue weighted by atomic mass is 16.5. The number of benzene rings is 2. The minimum absolute atomic E-state index is 0.277. The molecule has 4 rings (SSSR count). The number of nitrogens with one attached hydrogen (secondary N) is 1. The first-order chi connectivity index (χ1) is 17.8. The predicted octanol–water partition coefficient (Wildman–Crippen LogP) is 3.75. The summed E-state index contributed by atoms with van der Waals surface area (Å²) in [5.74, 6) is 1.07. The van der Waals surface area contributed by atoms with Crippen LogP contribution in [0.5, 0.6) is 5.75 Å². The van der Waals surface area contributed by atoms with Crippen molar-refractivity contribution >= 4 is 28.2 Å². The monoisotopic (exact) mass is 499 g/mol. The maximum Gasteiger partial charge on any atom is 0.247 e. The van der Waals surface area contributed by atoms with Crippen LogP contribution < -0.4 is 15.0 Å². The maximum atomic E-state index is 12.2. The molecule has 4 aromatic rings. The van der Waals surface area contributed by atoms with Crippen LogP contribution in [0.1, 0.15) is 11.4 Å². The number of aromatic nitrogens is 4. The highest BCUT2D eigenvalue weighted by Crippen LogP contribution is 2.35. The number of ether oxygens (including phenoxy) is 1. The van der Waals surface area contributed by atoms with Gasteiger partial charge in [-0.2, -0.15) is 5.10 Å². The SMILES string of the molecule is C=CC(=O)Nc1cc(Cc2nccc(-c3cccc4c3cnn4C)n2)c(OC)cc1N(C)CCN(C)C. The van der Waals surface area contributed by atoms with E-state index in [1.807, 2.05) is 75.5 Å². The van der Waals surface area contributed by atoms with E-state index in [1.54, 1.807) is 13.3 Å². The fourth-order valence-corrected chi connectivity index (χ4v) is 4.22. The molecule has 0 bridgehead atoms. The molecule has 9 nitrogen and oxygen atoms in total. The Hall–Kier alpha value is -4.24. The van der Waals surface area contributed by atoms with Gasteiger partial charge in [-0.1, -0.05) is 18.7 Å². The van der Waals surface area contributed by atoms with Gasteiger partial charge in [-0.25, -0.2) is 9.97 Å². The van der Waals surface area contributed by atoms with Gasteiger partial charge in [0.25, 0.3) is 0 Å². The van der Waals surface area contributed by atoms with E-state index >= 15 is 0 Å². The molecule has 0 saturated carbocycles. The third kappa shape index (κ3) is 5.78. The molecule has 1 N–H and O–H groups in total. The minimum Gasteiger partial charge on any atom is -0.496 e. The van der Waals surface area contributed by atoms with Gasteiger partial charge in [0.1, 0.15) is 11.6 Å². The number of carbonyl (C=O) groups is 1. The van der Waals surface area contributed by atoms with Crippen LogP contribution in [-0.4, -0.2) is 71.9 Å². The van der Waals surface area contributed by atoms with Crippen molar-refractivity contribution in [1.29, 1.82) is 0 Å². The average Bonchev–Trinajstić information content (AvgIpc) is 3.28. The number of likely N-dealkylation sites (N-methyl/N-ethyl adjacent to an activating group) is 2. The summed E-state index contributed by atoms with van der Waals surface area (Å²) in [7, 11) is 9.62. The number of anilines is 2. The molecule has 0 aliphatic rings.